The van der Waals surface area contributed by atoms with Gasteiger partial charge >= 0.3 is 0 Å². The zero-order valence-electron chi connectivity index (χ0n) is 13.5. The summed E-state index contributed by atoms with van der Waals surface area (Å²) in [5.74, 6) is -0.368. The van der Waals surface area contributed by atoms with Crippen LogP contribution in [0, 0.1) is 12.7 Å². The lowest BCUT2D eigenvalue weighted by atomic mass is 10.1. The van der Waals surface area contributed by atoms with E-state index >= 15 is 0 Å². The van der Waals surface area contributed by atoms with Crippen molar-refractivity contribution in [1.29, 1.82) is 0 Å². The first-order valence-corrected chi connectivity index (χ1v) is 7.88. The Morgan fingerprint density at radius 1 is 1.22 bits per heavy atom. The van der Waals surface area contributed by atoms with Gasteiger partial charge in [-0.05, 0) is 38.1 Å². The summed E-state index contributed by atoms with van der Waals surface area (Å²) in [5.41, 5.74) is 2.77. The van der Waals surface area contributed by atoms with Gasteiger partial charge in [0.1, 0.15) is 5.82 Å². The topological polar surface area (TPSA) is 23.6 Å². The lowest BCUT2D eigenvalue weighted by Crippen LogP contribution is -2.39. The summed E-state index contributed by atoms with van der Waals surface area (Å²) in [6.45, 7) is 3.33. The molecule has 3 nitrogen and oxygen atoms in total. The van der Waals surface area contributed by atoms with Crippen LogP contribution in [0.15, 0.2) is 48.5 Å². The van der Waals surface area contributed by atoms with Gasteiger partial charge in [0.2, 0.25) is 5.91 Å². The average molecular weight is 312 g/mol. The molecule has 0 aromatic heterocycles. The molecule has 1 unspecified atom stereocenters. The maximum absolute atomic E-state index is 13.9. The van der Waals surface area contributed by atoms with Gasteiger partial charge in [0.05, 0.1) is 11.7 Å². The normalized spacial score (nSPS) is 18.0. The van der Waals surface area contributed by atoms with E-state index in [-0.39, 0.29) is 17.8 Å². The summed E-state index contributed by atoms with van der Waals surface area (Å²) in [6.07, 6.45) is 0.718. The first-order chi connectivity index (χ1) is 11.1. The van der Waals surface area contributed by atoms with E-state index in [4.69, 9.17) is 0 Å². The van der Waals surface area contributed by atoms with Crippen molar-refractivity contribution in [2.24, 2.45) is 0 Å². The number of nitrogens with zero attached hydrogens (tertiary/aromatic N) is 2. The second-order valence-electron chi connectivity index (χ2n) is 6.15. The van der Waals surface area contributed by atoms with E-state index in [1.807, 2.05) is 13.1 Å². The Hall–Kier alpha value is -2.20. The van der Waals surface area contributed by atoms with Gasteiger partial charge in [-0.2, -0.15) is 0 Å². The number of anilines is 1. The Bertz CT molecular complexity index is 716. The van der Waals surface area contributed by atoms with E-state index in [9.17, 15) is 9.18 Å². The highest BCUT2D eigenvalue weighted by Crippen LogP contribution is 2.26. The van der Waals surface area contributed by atoms with Crippen molar-refractivity contribution in [1.82, 2.24) is 4.90 Å². The standard InChI is InChI=1S/C19H21FN2O/c1-14-6-5-7-15(12-14)13-21(2)18-10-11-22(19(18)23)17-9-4-3-8-16(17)20/h3-9,12,18H,10-11,13H2,1-2H3. The van der Waals surface area contributed by atoms with Crippen LogP contribution in [0.25, 0.3) is 0 Å². The van der Waals surface area contributed by atoms with E-state index < -0.39 is 0 Å². The summed E-state index contributed by atoms with van der Waals surface area (Å²) in [7, 11) is 1.95. The molecule has 1 fully saturated rings. The maximum Gasteiger partial charge on any atom is 0.244 e. The number of para-hydroxylation sites is 1. The van der Waals surface area contributed by atoms with E-state index in [0.717, 1.165) is 6.42 Å². The fourth-order valence-corrected chi connectivity index (χ4v) is 3.19. The number of amides is 1. The Labute approximate surface area is 136 Å². The molecule has 1 heterocycles. The monoisotopic (exact) mass is 312 g/mol. The molecule has 2 aromatic rings. The number of rotatable bonds is 4. The molecular formula is C19H21FN2O. The number of carbonyl (C=O) groups excluding carboxylic acids is 1. The second kappa shape index (κ2) is 6.50. The molecule has 4 heteroatoms. The fourth-order valence-electron chi connectivity index (χ4n) is 3.19. The van der Waals surface area contributed by atoms with Crippen molar-refractivity contribution >= 4 is 11.6 Å². The predicted octanol–water partition coefficient (Wildman–Crippen LogP) is 3.37. The number of aryl methyl sites for hydroxylation is 1. The number of halogens is 1. The molecule has 0 N–H and O–H groups in total. The van der Waals surface area contributed by atoms with Crippen LogP contribution in [-0.4, -0.2) is 30.4 Å². The maximum atomic E-state index is 13.9. The van der Waals surface area contributed by atoms with Gasteiger partial charge in [0.25, 0.3) is 0 Å². The van der Waals surface area contributed by atoms with Crippen LogP contribution < -0.4 is 4.90 Å². The predicted molar refractivity (Wildman–Crippen MR) is 89.8 cm³/mol. The van der Waals surface area contributed by atoms with Crippen molar-refractivity contribution in [2.75, 3.05) is 18.5 Å². The molecule has 0 spiro atoms. The number of hydrogen-bond acceptors (Lipinski definition) is 2. The zero-order valence-corrected chi connectivity index (χ0v) is 13.5. The minimum Gasteiger partial charge on any atom is -0.308 e. The van der Waals surface area contributed by atoms with Crippen LogP contribution in [0.5, 0.6) is 0 Å². The molecule has 120 valence electrons. The molecule has 23 heavy (non-hydrogen) atoms. The lowest BCUT2D eigenvalue weighted by molar-refractivity contribution is -0.121. The molecule has 3 rings (SSSR count). The van der Waals surface area contributed by atoms with Gasteiger partial charge in [-0.3, -0.25) is 9.69 Å². The molecule has 2 aromatic carbocycles. The summed E-state index contributed by atoms with van der Waals surface area (Å²) in [5, 5.41) is 0. The quantitative estimate of drug-likeness (QED) is 0.864. The number of benzene rings is 2. The van der Waals surface area contributed by atoms with Crippen LogP contribution in [0.3, 0.4) is 0 Å². The number of carbonyl (C=O) groups is 1. The summed E-state index contributed by atoms with van der Waals surface area (Å²) >= 11 is 0. The van der Waals surface area contributed by atoms with Gasteiger partial charge in [-0.15, -0.1) is 0 Å². The van der Waals surface area contributed by atoms with Crippen molar-refractivity contribution in [3.05, 3.63) is 65.5 Å². The molecule has 0 bridgehead atoms. The van der Waals surface area contributed by atoms with Crippen LogP contribution in [-0.2, 0) is 11.3 Å². The third-order valence-electron chi connectivity index (χ3n) is 4.37. The Balaban J connectivity index is 1.72. The van der Waals surface area contributed by atoms with Crippen molar-refractivity contribution in [3.8, 4) is 0 Å². The highest BCUT2D eigenvalue weighted by Gasteiger charge is 2.36. The molecule has 1 amide bonds. The van der Waals surface area contributed by atoms with Gasteiger partial charge in [0, 0.05) is 13.1 Å². The average Bonchev–Trinajstić information content (AvgIpc) is 2.89. The SMILES string of the molecule is Cc1cccc(CN(C)C2CCN(c3ccccc3F)C2=O)c1. The van der Waals surface area contributed by atoms with Crippen LogP contribution in [0.4, 0.5) is 10.1 Å². The minimum atomic E-state index is -0.345. The van der Waals surface area contributed by atoms with Gasteiger partial charge in [0.15, 0.2) is 0 Å². The van der Waals surface area contributed by atoms with Crippen LogP contribution in [0.2, 0.25) is 0 Å². The minimum absolute atomic E-state index is 0.0229. The van der Waals surface area contributed by atoms with Crippen molar-refractivity contribution in [3.63, 3.8) is 0 Å². The van der Waals surface area contributed by atoms with Crippen LogP contribution >= 0.6 is 0 Å². The molecular weight excluding hydrogens is 291 g/mol. The van der Waals surface area contributed by atoms with Crippen molar-refractivity contribution in [2.45, 2.75) is 25.9 Å². The molecule has 1 saturated heterocycles. The number of hydrogen-bond donors (Lipinski definition) is 0. The Morgan fingerprint density at radius 3 is 2.74 bits per heavy atom. The highest BCUT2D eigenvalue weighted by atomic mass is 19.1. The first kappa shape index (κ1) is 15.7. The molecule has 0 aliphatic carbocycles. The molecule has 1 aliphatic rings. The van der Waals surface area contributed by atoms with Crippen molar-refractivity contribution < 1.29 is 9.18 Å². The third-order valence-corrected chi connectivity index (χ3v) is 4.37. The van der Waals surface area contributed by atoms with E-state index in [1.165, 1.54) is 17.2 Å². The Kier molecular flexibility index (Phi) is 4.44. The number of likely N-dealkylation sites (N-methyl/N-ethyl adjacent to an activating group) is 1. The molecule has 1 atom stereocenters. The molecule has 0 radical (unpaired) electrons. The van der Waals surface area contributed by atoms with E-state index in [0.29, 0.717) is 18.8 Å². The molecule has 0 saturated carbocycles. The second-order valence-corrected chi connectivity index (χ2v) is 6.15. The molecule has 1 aliphatic heterocycles. The smallest absolute Gasteiger partial charge is 0.244 e. The third kappa shape index (κ3) is 3.27. The van der Waals surface area contributed by atoms with Gasteiger partial charge in [-0.25, -0.2) is 4.39 Å². The zero-order chi connectivity index (χ0) is 16.4. The summed E-state index contributed by atoms with van der Waals surface area (Å²) in [6, 6.07) is 14.5. The lowest BCUT2D eigenvalue weighted by Gasteiger charge is -2.24. The van der Waals surface area contributed by atoms with E-state index in [1.54, 1.807) is 23.1 Å². The highest BCUT2D eigenvalue weighted by molar-refractivity contribution is 5.99. The fraction of sp³-hybridized carbons (Fsp3) is 0.316. The largest absolute Gasteiger partial charge is 0.308 e. The van der Waals surface area contributed by atoms with Gasteiger partial charge < -0.3 is 4.90 Å². The summed E-state index contributed by atoms with van der Waals surface area (Å²) < 4.78 is 13.9. The van der Waals surface area contributed by atoms with E-state index in [2.05, 4.69) is 30.0 Å². The first-order valence-electron chi connectivity index (χ1n) is 7.88. The van der Waals surface area contributed by atoms with Crippen LogP contribution in [0.1, 0.15) is 17.5 Å². The van der Waals surface area contributed by atoms with Gasteiger partial charge in [-0.1, -0.05) is 42.0 Å². The summed E-state index contributed by atoms with van der Waals surface area (Å²) in [4.78, 5) is 16.3. The Morgan fingerprint density at radius 2 is 2.00 bits per heavy atom.